The van der Waals surface area contributed by atoms with Gasteiger partial charge in [-0.15, -0.1) is 0 Å². The quantitative estimate of drug-likeness (QED) is 0.522. The van der Waals surface area contributed by atoms with Crippen LogP contribution >= 0.6 is 0 Å². The Hall–Kier alpha value is -0.650. The molecule has 1 rings (SSSR count). The number of amides is 1. The Morgan fingerprint density at radius 3 is 2.89 bits per heavy atom. The smallest absolute Gasteiger partial charge is 0.221 e. The van der Waals surface area contributed by atoms with Crippen LogP contribution in [-0.4, -0.2) is 56.6 Å². The Balaban J connectivity index is 2.26. The normalized spacial score (nSPS) is 23.7. The fourth-order valence-electron chi connectivity index (χ4n) is 2.76. The van der Waals surface area contributed by atoms with Crippen molar-refractivity contribution >= 4 is 5.91 Å². The van der Waals surface area contributed by atoms with Gasteiger partial charge in [-0.3, -0.25) is 9.69 Å². The molecule has 0 aromatic carbocycles. The van der Waals surface area contributed by atoms with Gasteiger partial charge < -0.3 is 16.4 Å². The van der Waals surface area contributed by atoms with Crippen molar-refractivity contribution in [3.63, 3.8) is 0 Å². The first-order valence-corrected chi connectivity index (χ1v) is 7.56. The van der Waals surface area contributed by atoms with Gasteiger partial charge in [0, 0.05) is 39.1 Å². The first-order chi connectivity index (χ1) is 9.21. The Kier molecular flexibility index (Phi) is 8.02. The molecule has 2 unspecified atom stereocenters. The lowest BCUT2D eigenvalue weighted by Gasteiger charge is -2.24. The average molecular weight is 270 g/mol. The van der Waals surface area contributed by atoms with Crippen LogP contribution in [0.15, 0.2) is 0 Å². The van der Waals surface area contributed by atoms with Gasteiger partial charge in [-0.05, 0) is 31.8 Å². The highest BCUT2D eigenvalue weighted by Gasteiger charge is 2.29. The monoisotopic (exact) mass is 270 g/mol. The molecule has 1 fully saturated rings. The third-order valence-electron chi connectivity index (χ3n) is 4.03. The molecule has 0 aliphatic carbocycles. The summed E-state index contributed by atoms with van der Waals surface area (Å²) in [5, 5.41) is 6.05. The van der Waals surface area contributed by atoms with E-state index < -0.39 is 0 Å². The number of hydrogen-bond acceptors (Lipinski definition) is 4. The molecule has 1 aliphatic heterocycles. The average Bonchev–Trinajstić information content (AvgIpc) is 2.83. The SMILES string of the molecule is CCC1CC(CNCCC(=O)NC)N(CCCN)C1. The van der Waals surface area contributed by atoms with Crippen LogP contribution in [-0.2, 0) is 4.79 Å². The minimum absolute atomic E-state index is 0.102. The predicted octanol–water partition coefficient (Wildman–Crippen LogP) is 0.161. The number of nitrogens with two attached hydrogens (primary N) is 1. The second kappa shape index (κ2) is 9.28. The van der Waals surface area contributed by atoms with E-state index in [-0.39, 0.29) is 5.91 Å². The molecular weight excluding hydrogens is 240 g/mol. The van der Waals surface area contributed by atoms with Crippen molar-refractivity contribution in [3.05, 3.63) is 0 Å². The molecule has 1 saturated heterocycles. The third-order valence-corrected chi connectivity index (χ3v) is 4.03. The van der Waals surface area contributed by atoms with E-state index in [0.717, 1.165) is 38.5 Å². The minimum Gasteiger partial charge on any atom is -0.359 e. The molecule has 0 aromatic rings. The highest BCUT2D eigenvalue weighted by atomic mass is 16.1. The summed E-state index contributed by atoms with van der Waals surface area (Å²) >= 11 is 0. The summed E-state index contributed by atoms with van der Waals surface area (Å²) in [7, 11) is 1.68. The van der Waals surface area contributed by atoms with Gasteiger partial charge in [0.1, 0.15) is 0 Å². The van der Waals surface area contributed by atoms with Crippen molar-refractivity contribution in [2.24, 2.45) is 11.7 Å². The van der Waals surface area contributed by atoms with Gasteiger partial charge in [-0.25, -0.2) is 0 Å². The zero-order valence-corrected chi connectivity index (χ0v) is 12.5. The van der Waals surface area contributed by atoms with Crippen molar-refractivity contribution in [1.29, 1.82) is 0 Å². The number of nitrogens with one attached hydrogen (secondary N) is 2. The molecule has 0 saturated carbocycles. The molecular formula is C14H30N4O. The number of carbonyl (C=O) groups excluding carboxylic acids is 1. The number of nitrogens with zero attached hydrogens (tertiary/aromatic N) is 1. The van der Waals surface area contributed by atoms with Crippen LogP contribution in [0.4, 0.5) is 0 Å². The van der Waals surface area contributed by atoms with Crippen molar-refractivity contribution in [1.82, 2.24) is 15.5 Å². The summed E-state index contributed by atoms with van der Waals surface area (Å²) in [4.78, 5) is 13.7. The van der Waals surface area contributed by atoms with E-state index >= 15 is 0 Å². The molecule has 0 spiro atoms. The maximum Gasteiger partial charge on any atom is 0.221 e. The first kappa shape index (κ1) is 16.4. The molecule has 112 valence electrons. The van der Waals surface area contributed by atoms with Gasteiger partial charge in [0.2, 0.25) is 5.91 Å². The van der Waals surface area contributed by atoms with Crippen LogP contribution in [0.3, 0.4) is 0 Å². The number of likely N-dealkylation sites (tertiary alicyclic amines) is 1. The molecule has 1 amide bonds. The third kappa shape index (κ3) is 5.89. The molecule has 0 radical (unpaired) electrons. The van der Waals surface area contributed by atoms with Gasteiger partial charge in [-0.2, -0.15) is 0 Å². The Morgan fingerprint density at radius 1 is 1.47 bits per heavy atom. The maximum atomic E-state index is 11.1. The lowest BCUT2D eigenvalue weighted by Crippen LogP contribution is -2.39. The predicted molar refractivity (Wildman–Crippen MR) is 79.0 cm³/mol. The fourth-order valence-corrected chi connectivity index (χ4v) is 2.76. The van der Waals surface area contributed by atoms with Crippen molar-refractivity contribution in [2.45, 2.75) is 38.6 Å². The molecule has 1 aliphatic rings. The Bertz CT molecular complexity index is 260. The van der Waals surface area contributed by atoms with Gasteiger partial charge in [0.15, 0.2) is 0 Å². The van der Waals surface area contributed by atoms with Gasteiger partial charge >= 0.3 is 0 Å². The van der Waals surface area contributed by atoms with E-state index in [1.165, 1.54) is 19.4 Å². The lowest BCUT2D eigenvalue weighted by molar-refractivity contribution is -0.120. The summed E-state index contributed by atoms with van der Waals surface area (Å²) in [5.74, 6) is 0.925. The highest BCUT2D eigenvalue weighted by Crippen LogP contribution is 2.25. The van der Waals surface area contributed by atoms with E-state index in [0.29, 0.717) is 12.5 Å². The summed E-state index contributed by atoms with van der Waals surface area (Å²) < 4.78 is 0. The molecule has 19 heavy (non-hydrogen) atoms. The van der Waals surface area contributed by atoms with Crippen LogP contribution in [0.1, 0.15) is 32.6 Å². The first-order valence-electron chi connectivity index (χ1n) is 7.56. The zero-order chi connectivity index (χ0) is 14.1. The van der Waals surface area contributed by atoms with E-state index in [2.05, 4.69) is 22.5 Å². The molecule has 4 N–H and O–H groups in total. The second-order valence-electron chi connectivity index (χ2n) is 5.43. The Labute approximate surface area is 117 Å². The molecule has 1 heterocycles. The maximum absolute atomic E-state index is 11.1. The van der Waals surface area contributed by atoms with Crippen molar-refractivity contribution < 1.29 is 4.79 Å². The van der Waals surface area contributed by atoms with Crippen LogP contribution in [0, 0.1) is 5.92 Å². The number of carbonyl (C=O) groups is 1. The van der Waals surface area contributed by atoms with Gasteiger partial charge in [0.25, 0.3) is 0 Å². The standard InChI is InChI=1S/C14H30N4O/c1-3-12-9-13(18(11-12)8-4-6-15)10-17-7-5-14(19)16-2/h12-13,17H,3-11,15H2,1-2H3,(H,16,19). The van der Waals surface area contributed by atoms with Crippen LogP contribution in [0.2, 0.25) is 0 Å². The van der Waals surface area contributed by atoms with Crippen molar-refractivity contribution in [2.75, 3.05) is 39.8 Å². The largest absolute Gasteiger partial charge is 0.359 e. The molecule has 5 heteroatoms. The van der Waals surface area contributed by atoms with Crippen LogP contribution in [0.5, 0.6) is 0 Å². The Morgan fingerprint density at radius 2 is 2.26 bits per heavy atom. The highest BCUT2D eigenvalue weighted by molar-refractivity contribution is 5.75. The molecule has 5 nitrogen and oxygen atoms in total. The number of rotatable bonds is 9. The molecule has 0 aromatic heterocycles. The van der Waals surface area contributed by atoms with Gasteiger partial charge in [-0.1, -0.05) is 13.3 Å². The zero-order valence-electron chi connectivity index (χ0n) is 12.5. The van der Waals surface area contributed by atoms with E-state index in [4.69, 9.17) is 5.73 Å². The summed E-state index contributed by atoms with van der Waals surface area (Å²) in [6.07, 6.45) is 4.16. The van der Waals surface area contributed by atoms with Gasteiger partial charge in [0.05, 0.1) is 0 Å². The van der Waals surface area contributed by atoms with Crippen LogP contribution < -0.4 is 16.4 Å². The summed E-state index contributed by atoms with van der Waals surface area (Å²) in [6, 6.07) is 0.612. The van der Waals surface area contributed by atoms with E-state index in [9.17, 15) is 4.79 Å². The fraction of sp³-hybridized carbons (Fsp3) is 0.929. The van der Waals surface area contributed by atoms with Crippen molar-refractivity contribution in [3.8, 4) is 0 Å². The van der Waals surface area contributed by atoms with E-state index in [1.807, 2.05) is 0 Å². The summed E-state index contributed by atoms with van der Waals surface area (Å²) in [5.41, 5.74) is 5.60. The molecule has 2 atom stereocenters. The van der Waals surface area contributed by atoms with Crippen LogP contribution in [0.25, 0.3) is 0 Å². The lowest BCUT2D eigenvalue weighted by atomic mass is 10.0. The minimum atomic E-state index is 0.102. The van der Waals surface area contributed by atoms with E-state index in [1.54, 1.807) is 7.05 Å². The summed E-state index contributed by atoms with van der Waals surface area (Å²) in [6.45, 7) is 7.10. The topological polar surface area (TPSA) is 70.4 Å². The molecule has 0 bridgehead atoms. The second-order valence-corrected chi connectivity index (χ2v) is 5.43. The number of hydrogen-bond donors (Lipinski definition) is 3.